The summed E-state index contributed by atoms with van der Waals surface area (Å²) in [7, 11) is 4.78. The molecule has 2 aliphatic heterocycles. The van der Waals surface area contributed by atoms with Crippen LogP contribution in [0, 0.1) is 0 Å². The van der Waals surface area contributed by atoms with Gasteiger partial charge in [0.1, 0.15) is 23.5 Å². The van der Waals surface area contributed by atoms with Gasteiger partial charge in [-0.25, -0.2) is 0 Å². The normalized spacial score (nSPS) is 20.4. The van der Waals surface area contributed by atoms with Gasteiger partial charge in [0.15, 0.2) is 0 Å². The van der Waals surface area contributed by atoms with E-state index in [1.54, 1.807) is 41.7 Å². The van der Waals surface area contributed by atoms with Crippen molar-refractivity contribution >= 4 is 58.8 Å². The van der Waals surface area contributed by atoms with Gasteiger partial charge < -0.3 is 10.2 Å². The Morgan fingerprint density at radius 2 is 1.71 bits per heavy atom. The van der Waals surface area contributed by atoms with Crippen molar-refractivity contribution in [3.8, 4) is 0 Å². The van der Waals surface area contributed by atoms with Crippen molar-refractivity contribution in [3.63, 3.8) is 0 Å². The van der Waals surface area contributed by atoms with E-state index in [0.717, 1.165) is 12.1 Å². The predicted octanol–water partition coefficient (Wildman–Crippen LogP) is -0.654. The second kappa shape index (κ2) is 8.51. The molecule has 0 spiro atoms. The molecule has 13 heteroatoms. The van der Waals surface area contributed by atoms with E-state index in [4.69, 9.17) is 11.6 Å². The number of piperidine rings is 1. The zero-order valence-electron chi connectivity index (χ0n) is 19.4. The smallest absolute Gasteiger partial charge is 0.349 e. The third-order valence-electron chi connectivity index (χ3n) is 6.73. The standard InChI is InChI=1S/C22H21B3ClF2N3O4/c23-20(8-7-16(32)29-18(20)34)31-10-11-9-13(3-6-15(11)17(31)33)22(24,25)30-19(35)21(27,28)12-1-4-14(26)5-2-12/h1-6,9H,7-8,10,23-25H2,(H,30,35)(H,29,32,34)/t20-/m1/s1. The Morgan fingerprint density at radius 1 is 1.09 bits per heavy atom. The first-order valence-corrected chi connectivity index (χ1v) is 11.4. The molecule has 2 N–H and O–H groups in total. The Balaban J connectivity index is 1.56. The number of alkyl halides is 2. The molecule has 1 fully saturated rings. The van der Waals surface area contributed by atoms with E-state index in [-0.39, 0.29) is 36.2 Å². The van der Waals surface area contributed by atoms with Gasteiger partial charge in [0.05, 0.1) is 5.44 Å². The molecule has 178 valence electrons. The maximum Gasteiger partial charge on any atom is 0.349 e. The summed E-state index contributed by atoms with van der Waals surface area (Å²) in [4.78, 5) is 51.1. The highest BCUT2D eigenvalue weighted by atomic mass is 35.5. The number of hydrogen-bond acceptors (Lipinski definition) is 4. The molecule has 2 aliphatic rings. The van der Waals surface area contributed by atoms with Gasteiger partial charge in [-0.1, -0.05) is 35.9 Å². The Kier molecular flexibility index (Phi) is 6.07. The Labute approximate surface area is 208 Å². The van der Waals surface area contributed by atoms with Crippen LogP contribution in [0.3, 0.4) is 0 Å². The van der Waals surface area contributed by atoms with E-state index in [1.165, 1.54) is 17.0 Å². The van der Waals surface area contributed by atoms with Gasteiger partial charge >= 0.3 is 5.92 Å². The zero-order valence-corrected chi connectivity index (χ0v) is 20.1. The molecule has 35 heavy (non-hydrogen) atoms. The van der Waals surface area contributed by atoms with E-state index in [1.807, 2.05) is 0 Å². The number of carbonyl (C=O) groups excluding carboxylic acids is 4. The van der Waals surface area contributed by atoms with Crippen LogP contribution in [0.25, 0.3) is 0 Å². The Morgan fingerprint density at radius 3 is 2.34 bits per heavy atom. The maximum absolute atomic E-state index is 14.8. The quantitative estimate of drug-likeness (QED) is 0.424. The molecule has 0 bridgehead atoms. The topological polar surface area (TPSA) is 95.6 Å². The van der Waals surface area contributed by atoms with Crippen LogP contribution in [0.15, 0.2) is 42.5 Å². The number of carbonyl (C=O) groups is 4. The molecule has 0 saturated carbocycles. The highest BCUT2D eigenvalue weighted by Gasteiger charge is 2.48. The van der Waals surface area contributed by atoms with Crippen molar-refractivity contribution in [1.29, 1.82) is 0 Å². The molecule has 2 aromatic rings. The number of fused-ring (bicyclic) bond motifs is 1. The first kappa shape index (κ1) is 25.0. The highest BCUT2D eigenvalue weighted by molar-refractivity contribution is 6.40. The number of rotatable bonds is 5. The van der Waals surface area contributed by atoms with Crippen LogP contribution in [0.5, 0.6) is 0 Å². The lowest BCUT2D eigenvalue weighted by atomic mass is 9.57. The molecule has 0 unspecified atom stereocenters. The molecule has 4 amide bonds. The highest BCUT2D eigenvalue weighted by Crippen LogP contribution is 2.35. The number of halogens is 3. The number of imide groups is 1. The van der Waals surface area contributed by atoms with Crippen LogP contribution in [0.4, 0.5) is 8.78 Å². The Bertz CT molecular complexity index is 1260. The van der Waals surface area contributed by atoms with Gasteiger partial charge in [0, 0.05) is 34.5 Å². The number of hydrogen-bond donors (Lipinski definition) is 2. The fourth-order valence-corrected chi connectivity index (χ4v) is 4.51. The Hall–Kier alpha value is -3.14. The number of benzene rings is 2. The van der Waals surface area contributed by atoms with Crippen molar-refractivity contribution in [2.24, 2.45) is 0 Å². The van der Waals surface area contributed by atoms with Crippen molar-refractivity contribution in [2.75, 3.05) is 0 Å². The minimum atomic E-state index is -3.79. The van der Waals surface area contributed by atoms with Crippen LogP contribution < -0.4 is 10.6 Å². The van der Waals surface area contributed by atoms with E-state index in [9.17, 15) is 28.0 Å². The molecular formula is C22H21B3ClF2N3O4. The van der Waals surface area contributed by atoms with Gasteiger partial charge in [0.25, 0.3) is 11.8 Å². The third kappa shape index (κ3) is 4.35. The van der Waals surface area contributed by atoms with E-state index >= 15 is 0 Å². The number of nitrogens with zero attached hydrogens (tertiary/aromatic N) is 1. The third-order valence-corrected chi connectivity index (χ3v) is 6.98. The van der Waals surface area contributed by atoms with Crippen LogP contribution in [0.1, 0.15) is 39.9 Å². The van der Waals surface area contributed by atoms with E-state index < -0.39 is 34.1 Å². The number of nitrogens with one attached hydrogen (secondary N) is 2. The molecule has 1 saturated heterocycles. The molecule has 0 aromatic heterocycles. The molecular weight excluding hydrogens is 476 g/mol. The van der Waals surface area contributed by atoms with Crippen molar-refractivity contribution in [2.45, 2.75) is 36.1 Å². The van der Waals surface area contributed by atoms with Gasteiger partial charge in [-0.05, 0) is 35.7 Å². The second-order valence-corrected chi connectivity index (χ2v) is 10.0. The lowest BCUT2D eigenvalue weighted by molar-refractivity contribution is -0.147. The van der Waals surface area contributed by atoms with Gasteiger partial charge in [0.2, 0.25) is 11.8 Å². The summed E-state index contributed by atoms with van der Waals surface area (Å²) in [5.41, 5.74) is -0.171. The van der Waals surface area contributed by atoms with Crippen molar-refractivity contribution in [3.05, 3.63) is 69.7 Å². The summed E-state index contributed by atoms with van der Waals surface area (Å²) in [5.74, 6) is -6.53. The predicted molar refractivity (Wildman–Crippen MR) is 132 cm³/mol. The summed E-state index contributed by atoms with van der Waals surface area (Å²) in [5, 5.41) is 3.76. The largest absolute Gasteiger partial charge is 0.357 e. The lowest BCUT2D eigenvalue weighted by Crippen LogP contribution is -2.63. The van der Waals surface area contributed by atoms with Crippen LogP contribution in [-0.4, -0.2) is 57.5 Å². The summed E-state index contributed by atoms with van der Waals surface area (Å²) in [6.45, 7) is 0.116. The molecule has 1 atom stereocenters. The van der Waals surface area contributed by atoms with Crippen molar-refractivity contribution in [1.82, 2.24) is 15.5 Å². The first-order chi connectivity index (χ1) is 16.3. The number of amides is 4. The average Bonchev–Trinajstić information content (AvgIpc) is 3.13. The molecule has 2 heterocycles. The SMILES string of the molecule is BC(B)(NC(=O)C(F)(F)c1ccc(Cl)cc1)c1ccc2c(c1)CN([C@]1(B)CCC(=O)NC1=O)C2=O. The van der Waals surface area contributed by atoms with Gasteiger partial charge in [-0.2, -0.15) is 8.78 Å². The van der Waals surface area contributed by atoms with Crippen LogP contribution >= 0.6 is 11.6 Å². The van der Waals surface area contributed by atoms with Crippen LogP contribution in [0.2, 0.25) is 5.02 Å². The van der Waals surface area contributed by atoms with Gasteiger partial charge in [-0.3, -0.25) is 24.5 Å². The lowest BCUT2D eigenvalue weighted by Gasteiger charge is -2.39. The molecule has 7 nitrogen and oxygen atoms in total. The summed E-state index contributed by atoms with van der Waals surface area (Å²) in [6, 6.07) is 9.59. The first-order valence-electron chi connectivity index (χ1n) is 11.0. The summed E-state index contributed by atoms with van der Waals surface area (Å²) in [6.07, 6.45) is 0.320. The van der Waals surface area contributed by atoms with E-state index in [0.29, 0.717) is 16.7 Å². The monoisotopic (exact) mass is 497 g/mol. The van der Waals surface area contributed by atoms with E-state index in [2.05, 4.69) is 10.6 Å². The fraction of sp³-hybridized carbons (Fsp3) is 0.273. The minimum absolute atomic E-state index is 0.116. The average molecular weight is 497 g/mol. The molecule has 0 aliphatic carbocycles. The molecule has 4 rings (SSSR count). The summed E-state index contributed by atoms with van der Waals surface area (Å²) < 4.78 is 29.6. The fourth-order valence-electron chi connectivity index (χ4n) is 4.38. The molecule has 2 aromatic carbocycles. The van der Waals surface area contributed by atoms with Crippen LogP contribution in [-0.2, 0) is 32.2 Å². The zero-order chi connectivity index (χ0) is 25.8. The van der Waals surface area contributed by atoms with Gasteiger partial charge in [-0.15, -0.1) is 0 Å². The second-order valence-electron chi connectivity index (χ2n) is 9.57. The maximum atomic E-state index is 14.8. The summed E-state index contributed by atoms with van der Waals surface area (Å²) >= 11 is 5.76. The molecule has 0 radical (unpaired) electrons. The minimum Gasteiger partial charge on any atom is -0.357 e. The van der Waals surface area contributed by atoms with Crippen molar-refractivity contribution < 1.29 is 28.0 Å².